The van der Waals surface area contributed by atoms with Crippen LogP contribution in [0.1, 0.15) is 233 Å². The van der Waals surface area contributed by atoms with E-state index in [0.29, 0.717) is 19.3 Å². The molecular weight excluding hydrogens is 865 g/mol. The molecule has 0 rings (SSSR count). The third kappa shape index (κ3) is 54.5. The first-order chi connectivity index (χ1) is 34.5. The molecule has 0 heterocycles. The van der Waals surface area contributed by atoms with Crippen LogP contribution < -0.4 is 0 Å². The highest BCUT2D eigenvalue weighted by molar-refractivity contribution is 5.72. The van der Waals surface area contributed by atoms with Gasteiger partial charge in [-0.1, -0.05) is 251 Å². The lowest BCUT2D eigenvalue weighted by Crippen LogP contribution is -2.30. The molecule has 0 N–H and O–H groups in total. The van der Waals surface area contributed by atoms with E-state index in [2.05, 4.69) is 142 Å². The van der Waals surface area contributed by atoms with Gasteiger partial charge in [-0.2, -0.15) is 0 Å². The maximum Gasteiger partial charge on any atom is 0.310 e. The molecule has 1 atom stereocenters. The van der Waals surface area contributed by atoms with Gasteiger partial charge in [0.25, 0.3) is 0 Å². The number of allylic oxidation sites excluding steroid dienone is 21. The zero-order valence-electron chi connectivity index (χ0n) is 45.0. The molecule has 0 amide bonds. The summed E-state index contributed by atoms with van der Waals surface area (Å²) in [6, 6.07) is 0. The maximum absolute atomic E-state index is 12.7. The van der Waals surface area contributed by atoms with Gasteiger partial charge in [0.2, 0.25) is 0 Å². The smallest absolute Gasteiger partial charge is 0.310 e. The molecule has 0 radical (unpaired) electrons. The molecule has 0 saturated carbocycles. The van der Waals surface area contributed by atoms with E-state index in [9.17, 15) is 14.4 Å². The summed E-state index contributed by atoms with van der Waals surface area (Å²) >= 11 is 0. The van der Waals surface area contributed by atoms with E-state index in [4.69, 9.17) is 14.2 Å². The number of esters is 3. The molecule has 0 aliphatic carbocycles. The Kier molecular flexibility index (Phi) is 53.5. The van der Waals surface area contributed by atoms with Gasteiger partial charge in [0.1, 0.15) is 13.2 Å². The predicted octanol–water partition coefficient (Wildman–Crippen LogP) is 19.0. The Labute approximate surface area is 430 Å². The fourth-order valence-corrected chi connectivity index (χ4v) is 7.29. The first-order valence-electron chi connectivity index (χ1n) is 28.2. The minimum Gasteiger partial charge on any atom is -0.462 e. The molecule has 70 heavy (non-hydrogen) atoms. The van der Waals surface area contributed by atoms with Crippen LogP contribution in [0.5, 0.6) is 0 Å². The molecule has 394 valence electrons. The van der Waals surface area contributed by atoms with Gasteiger partial charge in [-0.15, -0.1) is 0 Å². The van der Waals surface area contributed by atoms with Crippen LogP contribution in [0.25, 0.3) is 0 Å². The van der Waals surface area contributed by atoms with Crippen LogP contribution in [-0.4, -0.2) is 37.2 Å². The molecule has 0 fully saturated rings. The Bertz CT molecular complexity index is 1530. The van der Waals surface area contributed by atoms with Gasteiger partial charge in [0.05, 0.1) is 6.42 Å². The van der Waals surface area contributed by atoms with Crippen LogP contribution in [0, 0.1) is 0 Å². The first kappa shape index (κ1) is 65.5. The van der Waals surface area contributed by atoms with E-state index in [1.807, 2.05) is 6.08 Å². The molecule has 0 saturated heterocycles. The van der Waals surface area contributed by atoms with Gasteiger partial charge in [0, 0.05) is 12.8 Å². The lowest BCUT2D eigenvalue weighted by Gasteiger charge is -2.18. The van der Waals surface area contributed by atoms with Crippen LogP contribution in [-0.2, 0) is 28.6 Å². The topological polar surface area (TPSA) is 78.9 Å². The van der Waals surface area contributed by atoms with Gasteiger partial charge in [0.15, 0.2) is 6.10 Å². The van der Waals surface area contributed by atoms with Crippen molar-refractivity contribution in [3.05, 3.63) is 134 Å². The zero-order valence-corrected chi connectivity index (χ0v) is 45.0. The second kappa shape index (κ2) is 57.1. The van der Waals surface area contributed by atoms with Crippen LogP contribution in [0.4, 0.5) is 0 Å². The van der Waals surface area contributed by atoms with Crippen molar-refractivity contribution >= 4 is 17.9 Å². The summed E-state index contributed by atoms with van der Waals surface area (Å²) in [5.41, 5.74) is 0. The summed E-state index contributed by atoms with van der Waals surface area (Å²) in [5, 5.41) is 0. The Morgan fingerprint density at radius 2 is 0.600 bits per heavy atom. The van der Waals surface area contributed by atoms with Crippen LogP contribution >= 0.6 is 0 Å². The zero-order chi connectivity index (χ0) is 50.7. The summed E-state index contributed by atoms with van der Waals surface area (Å²) in [6.45, 7) is 6.29. The van der Waals surface area contributed by atoms with Crippen molar-refractivity contribution in [1.82, 2.24) is 0 Å². The number of carbonyl (C=O) groups excluding carboxylic acids is 3. The Balaban J connectivity index is 4.37. The molecule has 1 unspecified atom stereocenters. The highest BCUT2D eigenvalue weighted by Gasteiger charge is 2.19. The second-order valence-corrected chi connectivity index (χ2v) is 18.1. The minimum atomic E-state index is -0.838. The molecule has 0 aromatic heterocycles. The summed E-state index contributed by atoms with van der Waals surface area (Å²) in [6.07, 6.45) is 80.5. The SMILES string of the molecule is CC/C=C\C/C=C\C/C=C\C/C=C\C/C=C\C/C=C\CCCCCCCCCCC(=O)OCC(COC(=O)CCCCCCCCCCCC)OC(=O)C/C=C\C/C=C\C/C=C\C/C=C\C/C=C\CC. The molecule has 6 heteroatoms. The molecule has 6 nitrogen and oxygen atoms in total. The molecule has 0 aromatic rings. The highest BCUT2D eigenvalue weighted by atomic mass is 16.6. The van der Waals surface area contributed by atoms with Crippen LogP contribution in [0.15, 0.2) is 134 Å². The highest BCUT2D eigenvalue weighted by Crippen LogP contribution is 2.14. The van der Waals surface area contributed by atoms with E-state index >= 15 is 0 Å². The van der Waals surface area contributed by atoms with Crippen molar-refractivity contribution < 1.29 is 28.6 Å². The fraction of sp³-hybridized carbons (Fsp3) is 0.609. The normalized spacial score (nSPS) is 13.1. The summed E-state index contributed by atoms with van der Waals surface area (Å²) in [7, 11) is 0. The van der Waals surface area contributed by atoms with Crippen molar-refractivity contribution in [1.29, 1.82) is 0 Å². The van der Waals surface area contributed by atoms with Crippen LogP contribution in [0.2, 0.25) is 0 Å². The lowest BCUT2D eigenvalue weighted by molar-refractivity contribution is -0.166. The van der Waals surface area contributed by atoms with E-state index in [-0.39, 0.29) is 31.6 Å². The van der Waals surface area contributed by atoms with E-state index in [1.54, 1.807) is 6.08 Å². The molecule has 0 aliphatic rings. The number of hydrogen-bond donors (Lipinski definition) is 0. The van der Waals surface area contributed by atoms with Crippen LogP contribution in [0.3, 0.4) is 0 Å². The molecule has 0 spiro atoms. The standard InChI is InChI=1S/C64H102O6/c1-4-7-10-13-16-19-22-24-26-27-28-29-30-31-32-33-34-35-36-37-39-40-42-45-48-51-54-57-63(66)69-60-61(59-68-62(65)56-53-50-47-44-21-18-15-12-9-6-3)70-64(67)58-55-52-49-46-43-41-38-25-23-20-17-14-11-8-5-2/h7-8,10-11,16-17,19-20,24-26,28-29,31-32,34-35,38,43,46,52,55,61H,4-6,9,12-15,18,21-23,27,30,33,36-37,39-42,44-45,47-51,53-54,56-60H2,1-3H3/b10-7-,11-8-,19-16-,20-17-,26-24-,29-28-,32-31-,35-34-,38-25-,46-43-,55-52-. The lowest BCUT2D eigenvalue weighted by atomic mass is 10.1. The van der Waals surface area contributed by atoms with Gasteiger partial charge in [-0.3, -0.25) is 14.4 Å². The van der Waals surface area contributed by atoms with Crippen molar-refractivity contribution in [2.75, 3.05) is 13.2 Å². The first-order valence-corrected chi connectivity index (χ1v) is 28.2. The monoisotopic (exact) mass is 967 g/mol. The number of hydrogen-bond acceptors (Lipinski definition) is 6. The Morgan fingerprint density at radius 1 is 0.314 bits per heavy atom. The summed E-state index contributed by atoms with van der Waals surface area (Å²) < 4.78 is 16.7. The van der Waals surface area contributed by atoms with Gasteiger partial charge >= 0.3 is 17.9 Å². The largest absolute Gasteiger partial charge is 0.462 e. The van der Waals surface area contributed by atoms with Gasteiger partial charge in [-0.25, -0.2) is 0 Å². The molecule has 0 bridgehead atoms. The van der Waals surface area contributed by atoms with Crippen molar-refractivity contribution in [2.24, 2.45) is 0 Å². The number of ether oxygens (including phenoxy) is 3. The third-order valence-electron chi connectivity index (χ3n) is 11.4. The maximum atomic E-state index is 12.7. The Morgan fingerprint density at radius 3 is 0.943 bits per heavy atom. The van der Waals surface area contributed by atoms with E-state index in [0.717, 1.165) is 109 Å². The summed E-state index contributed by atoms with van der Waals surface area (Å²) in [4.78, 5) is 38.0. The average molecular weight is 968 g/mol. The van der Waals surface area contributed by atoms with Crippen molar-refractivity contribution in [3.8, 4) is 0 Å². The quantitative estimate of drug-likeness (QED) is 0.0262. The molecule has 0 aromatic carbocycles. The average Bonchev–Trinajstić information content (AvgIpc) is 3.36. The number of carbonyl (C=O) groups is 3. The van der Waals surface area contributed by atoms with Gasteiger partial charge in [-0.05, 0) is 96.3 Å². The summed E-state index contributed by atoms with van der Waals surface area (Å²) in [5.74, 6) is -1.07. The van der Waals surface area contributed by atoms with Crippen molar-refractivity contribution in [2.45, 2.75) is 239 Å². The number of unbranched alkanes of at least 4 members (excludes halogenated alkanes) is 17. The Hall–Kier alpha value is -4.45. The fourth-order valence-electron chi connectivity index (χ4n) is 7.29. The minimum absolute atomic E-state index is 0.0913. The third-order valence-corrected chi connectivity index (χ3v) is 11.4. The molecule has 0 aliphatic heterocycles. The van der Waals surface area contributed by atoms with Crippen molar-refractivity contribution in [3.63, 3.8) is 0 Å². The predicted molar refractivity (Wildman–Crippen MR) is 302 cm³/mol. The van der Waals surface area contributed by atoms with E-state index < -0.39 is 12.1 Å². The van der Waals surface area contributed by atoms with Gasteiger partial charge < -0.3 is 14.2 Å². The number of rotatable bonds is 49. The molecular formula is C64H102O6. The second-order valence-electron chi connectivity index (χ2n) is 18.1. The van der Waals surface area contributed by atoms with E-state index in [1.165, 1.54) is 77.0 Å².